The summed E-state index contributed by atoms with van der Waals surface area (Å²) in [5, 5.41) is 2.80. The lowest BCUT2D eigenvalue weighted by Gasteiger charge is -2.21. The van der Waals surface area contributed by atoms with Gasteiger partial charge >= 0.3 is 5.97 Å². The molecule has 0 unspecified atom stereocenters. The summed E-state index contributed by atoms with van der Waals surface area (Å²) in [5.74, 6) is -0.475. The molecule has 1 saturated carbocycles. The molecular weight excluding hydrogens is 356 g/mol. The van der Waals surface area contributed by atoms with E-state index in [1.165, 1.54) is 57.6 Å². The standard InChI is InChI=1S/C18H26N2O5S/c1-20(2)26(23,24)16-10-8-15(9-11-16)18(22)25-13-17(21)19-12-14-6-4-3-5-7-14/h8-11,14H,3-7,12-13H2,1-2H3,(H,19,21). The number of hydrogen-bond donors (Lipinski definition) is 1. The monoisotopic (exact) mass is 382 g/mol. The summed E-state index contributed by atoms with van der Waals surface area (Å²) >= 11 is 0. The summed E-state index contributed by atoms with van der Waals surface area (Å²) in [6.45, 7) is 0.275. The van der Waals surface area contributed by atoms with Gasteiger partial charge in [0, 0.05) is 20.6 Å². The van der Waals surface area contributed by atoms with Crippen LogP contribution < -0.4 is 5.32 Å². The molecule has 144 valence electrons. The Hall–Kier alpha value is -1.93. The Kier molecular flexibility index (Phi) is 7.16. The van der Waals surface area contributed by atoms with Crippen molar-refractivity contribution < 1.29 is 22.7 Å². The van der Waals surface area contributed by atoms with Crippen LogP contribution in [0.3, 0.4) is 0 Å². The number of esters is 1. The van der Waals surface area contributed by atoms with E-state index in [2.05, 4.69) is 5.32 Å². The second kappa shape index (κ2) is 9.14. The third-order valence-electron chi connectivity index (χ3n) is 4.52. The second-order valence-corrected chi connectivity index (χ2v) is 8.85. The largest absolute Gasteiger partial charge is 0.452 e. The smallest absolute Gasteiger partial charge is 0.338 e. The zero-order valence-electron chi connectivity index (χ0n) is 15.2. The van der Waals surface area contributed by atoms with E-state index < -0.39 is 16.0 Å². The molecule has 0 aromatic heterocycles. The van der Waals surface area contributed by atoms with Crippen LogP contribution in [0.4, 0.5) is 0 Å². The third kappa shape index (κ3) is 5.54. The van der Waals surface area contributed by atoms with Crippen LogP contribution in [0.5, 0.6) is 0 Å². The van der Waals surface area contributed by atoms with Crippen molar-refractivity contribution in [1.29, 1.82) is 0 Å². The van der Waals surface area contributed by atoms with E-state index >= 15 is 0 Å². The van der Waals surface area contributed by atoms with Crippen molar-refractivity contribution >= 4 is 21.9 Å². The Morgan fingerprint density at radius 1 is 1.12 bits per heavy atom. The first-order chi connectivity index (χ1) is 12.3. The molecule has 0 aliphatic heterocycles. The summed E-state index contributed by atoms with van der Waals surface area (Å²) in [7, 11) is -0.678. The van der Waals surface area contributed by atoms with Gasteiger partial charge in [0.2, 0.25) is 10.0 Å². The van der Waals surface area contributed by atoms with Gasteiger partial charge in [-0.3, -0.25) is 4.79 Å². The van der Waals surface area contributed by atoms with E-state index in [4.69, 9.17) is 4.74 Å². The fourth-order valence-electron chi connectivity index (χ4n) is 2.89. The number of ether oxygens (including phenoxy) is 1. The maximum Gasteiger partial charge on any atom is 0.338 e. The van der Waals surface area contributed by atoms with Crippen molar-refractivity contribution in [3.63, 3.8) is 0 Å². The fourth-order valence-corrected chi connectivity index (χ4v) is 3.79. The lowest BCUT2D eigenvalue weighted by atomic mass is 9.89. The van der Waals surface area contributed by atoms with Gasteiger partial charge in [-0.2, -0.15) is 0 Å². The van der Waals surface area contributed by atoms with Crippen LogP contribution in [0.2, 0.25) is 0 Å². The molecule has 7 nitrogen and oxygen atoms in total. The quantitative estimate of drug-likeness (QED) is 0.726. The predicted octanol–water partition coefficient (Wildman–Crippen LogP) is 1.79. The first kappa shape index (κ1) is 20.4. The van der Waals surface area contributed by atoms with Crippen LogP contribution in [-0.2, 0) is 19.6 Å². The number of sulfonamides is 1. The second-order valence-electron chi connectivity index (χ2n) is 6.70. The molecule has 1 aromatic carbocycles. The highest BCUT2D eigenvalue weighted by Gasteiger charge is 2.18. The van der Waals surface area contributed by atoms with Gasteiger partial charge in [0.1, 0.15) is 0 Å². The summed E-state index contributed by atoms with van der Waals surface area (Å²) in [4.78, 5) is 23.9. The highest BCUT2D eigenvalue weighted by atomic mass is 32.2. The van der Waals surface area contributed by atoms with E-state index in [0.717, 1.165) is 17.1 Å². The van der Waals surface area contributed by atoms with Crippen LogP contribution in [0.25, 0.3) is 0 Å². The van der Waals surface area contributed by atoms with Crippen molar-refractivity contribution in [3.8, 4) is 0 Å². The molecule has 2 rings (SSSR count). The maximum atomic E-state index is 12.0. The summed E-state index contributed by atoms with van der Waals surface area (Å²) in [6, 6.07) is 5.43. The lowest BCUT2D eigenvalue weighted by Crippen LogP contribution is -2.33. The van der Waals surface area contributed by atoms with Crippen molar-refractivity contribution in [1.82, 2.24) is 9.62 Å². The van der Waals surface area contributed by atoms with Gasteiger partial charge in [0.25, 0.3) is 5.91 Å². The van der Waals surface area contributed by atoms with Gasteiger partial charge in [-0.1, -0.05) is 19.3 Å². The topological polar surface area (TPSA) is 92.8 Å². The van der Waals surface area contributed by atoms with Crippen molar-refractivity contribution in [2.45, 2.75) is 37.0 Å². The summed E-state index contributed by atoms with van der Waals surface area (Å²) < 4.78 is 30.1. The highest BCUT2D eigenvalue weighted by Crippen LogP contribution is 2.22. The average Bonchev–Trinajstić information content (AvgIpc) is 2.65. The van der Waals surface area contributed by atoms with E-state index in [0.29, 0.717) is 12.5 Å². The van der Waals surface area contributed by atoms with E-state index in [1.807, 2.05) is 0 Å². The van der Waals surface area contributed by atoms with E-state index in [1.54, 1.807) is 0 Å². The predicted molar refractivity (Wildman–Crippen MR) is 97.2 cm³/mol. The zero-order valence-corrected chi connectivity index (χ0v) is 16.0. The summed E-state index contributed by atoms with van der Waals surface area (Å²) in [6.07, 6.45) is 5.92. The number of nitrogens with one attached hydrogen (secondary N) is 1. The first-order valence-electron chi connectivity index (χ1n) is 8.77. The van der Waals surface area contributed by atoms with Gasteiger partial charge < -0.3 is 10.1 Å². The highest BCUT2D eigenvalue weighted by molar-refractivity contribution is 7.89. The van der Waals surface area contributed by atoms with Gasteiger partial charge in [-0.25, -0.2) is 17.5 Å². The van der Waals surface area contributed by atoms with Crippen LogP contribution in [0, 0.1) is 5.92 Å². The number of carbonyl (C=O) groups excluding carboxylic acids is 2. The van der Waals surface area contributed by atoms with Gasteiger partial charge in [-0.05, 0) is 43.0 Å². The number of rotatable bonds is 7. The Morgan fingerprint density at radius 2 is 1.73 bits per heavy atom. The number of hydrogen-bond acceptors (Lipinski definition) is 5. The molecule has 0 saturated heterocycles. The summed E-state index contributed by atoms with van der Waals surface area (Å²) in [5.41, 5.74) is 0.197. The number of carbonyl (C=O) groups is 2. The zero-order chi connectivity index (χ0) is 19.2. The third-order valence-corrected chi connectivity index (χ3v) is 6.34. The number of nitrogens with zero attached hydrogens (tertiary/aromatic N) is 1. The molecule has 1 aliphatic carbocycles. The molecule has 26 heavy (non-hydrogen) atoms. The van der Waals surface area contributed by atoms with Gasteiger partial charge in [0.05, 0.1) is 10.5 Å². The lowest BCUT2D eigenvalue weighted by molar-refractivity contribution is -0.124. The average molecular weight is 382 g/mol. The van der Waals surface area contributed by atoms with Gasteiger partial charge in [0.15, 0.2) is 6.61 Å². The number of amides is 1. The molecule has 1 fully saturated rings. The number of benzene rings is 1. The van der Waals surface area contributed by atoms with Crippen LogP contribution in [-0.4, -0.2) is 51.8 Å². The van der Waals surface area contributed by atoms with Gasteiger partial charge in [-0.15, -0.1) is 0 Å². The molecule has 0 atom stereocenters. The first-order valence-corrected chi connectivity index (χ1v) is 10.2. The molecule has 1 amide bonds. The minimum absolute atomic E-state index is 0.0873. The minimum Gasteiger partial charge on any atom is -0.452 e. The van der Waals surface area contributed by atoms with Crippen molar-refractivity contribution in [2.24, 2.45) is 5.92 Å². The van der Waals surface area contributed by atoms with E-state index in [-0.39, 0.29) is 23.0 Å². The molecule has 1 aliphatic rings. The Morgan fingerprint density at radius 3 is 2.31 bits per heavy atom. The minimum atomic E-state index is -3.55. The van der Waals surface area contributed by atoms with E-state index in [9.17, 15) is 18.0 Å². The van der Waals surface area contributed by atoms with Crippen LogP contribution in [0.1, 0.15) is 42.5 Å². The molecule has 1 aromatic rings. The Balaban J connectivity index is 1.81. The van der Waals surface area contributed by atoms with Crippen LogP contribution >= 0.6 is 0 Å². The SMILES string of the molecule is CN(C)S(=O)(=O)c1ccc(C(=O)OCC(=O)NCC2CCCCC2)cc1. The fraction of sp³-hybridized carbons (Fsp3) is 0.556. The Labute approximate surface area is 154 Å². The van der Waals surface area contributed by atoms with Crippen molar-refractivity contribution in [2.75, 3.05) is 27.2 Å². The normalized spacial score (nSPS) is 15.7. The molecule has 0 spiro atoms. The molecule has 0 heterocycles. The molecular formula is C18H26N2O5S. The Bertz CT molecular complexity index is 722. The maximum absolute atomic E-state index is 12.0. The molecule has 0 radical (unpaired) electrons. The molecule has 0 bridgehead atoms. The molecule has 8 heteroatoms. The van der Waals surface area contributed by atoms with Crippen LogP contribution in [0.15, 0.2) is 29.2 Å². The molecule has 1 N–H and O–H groups in total. The van der Waals surface area contributed by atoms with Crippen molar-refractivity contribution in [3.05, 3.63) is 29.8 Å².